The minimum absolute atomic E-state index is 0.168. The lowest BCUT2D eigenvalue weighted by Gasteiger charge is -2.36. The molecule has 2 amide bonds. The molecule has 7 heteroatoms. The van der Waals surface area contributed by atoms with Crippen LogP contribution in [0.1, 0.15) is 13.3 Å². The number of amides is 2. The van der Waals surface area contributed by atoms with Crippen LogP contribution in [0, 0.1) is 0 Å². The molecular formula is C18H25N3O4. The van der Waals surface area contributed by atoms with Crippen molar-refractivity contribution in [2.45, 2.75) is 19.4 Å². The van der Waals surface area contributed by atoms with Gasteiger partial charge in [0.1, 0.15) is 11.5 Å². The smallest absolute Gasteiger partial charge is 0.251 e. The molecule has 1 aromatic carbocycles. The van der Waals surface area contributed by atoms with E-state index >= 15 is 0 Å². The summed E-state index contributed by atoms with van der Waals surface area (Å²) in [6.07, 6.45) is 0.222. The third kappa shape index (κ3) is 3.34. The molecule has 0 saturated carbocycles. The van der Waals surface area contributed by atoms with Gasteiger partial charge >= 0.3 is 0 Å². The normalized spacial score (nSPS) is 22.5. The summed E-state index contributed by atoms with van der Waals surface area (Å²) in [5.41, 5.74) is 0.480. The summed E-state index contributed by atoms with van der Waals surface area (Å²) in [6.45, 7) is 6.63. The molecule has 3 rings (SSSR count). The number of hydrogen-bond donors (Lipinski definition) is 0. The third-order valence-electron chi connectivity index (χ3n) is 5.05. The Morgan fingerprint density at radius 2 is 1.80 bits per heavy atom. The second kappa shape index (κ2) is 7.41. The van der Waals surface area contributed by atoms with Crippen molar-refractivity contribution in [2.24, 2.45) is 0 Å². The highest BCUT2D eigenvalue weighted by atomic mass is 16.5. The molecule has 0 bridgehead atoms. The lowest BCUT2D eigenvalue weighted by molar-refractivity contribution is -0.123. The second-order valence-corrected chi connectivity index (χ2v) is 6.30. The van der Waals surface area contributed by atoms with Crippen LogP contribution in [0.15, 0.2) is 18.2 Å². The van der Waals surface area contributed by atoms with Crippen LogP contribution in [0.3, 0.4) is 0 Å². The topological polar surface area (TPSA) is 62.3 Å². The Bertz CT molecular complexity index is 656. The van der Waals surface area contributed by atoms with Crippen LogP contribution in [0.2, 0.25) is 0 Å². The lowest BCUT2D eigenvalue weighted by atomic mass is 10.1. The number of carbonyl (C=O) groups is 2. The molecule has 2 aliphatic rings. The first-order valence-corrected chi connectivity index (χ1v) is 8.64. The van der Waals surface area contributed by atoms with Gasteiger partial charge in [0.25, 0.3) is 5.91 Å². The molecule has 0 aromatic heterocycles. The standard InChI is InChI=1S/C18H25N3O4/c1-4-19-7-9-20(10-8-19)15-12-17(22)21(18(15)23)14-6-5-13(24-2)11-16(14)25-3/h5-6,11,15H,4,7-10,12H2,1-3H3. The second-order valence-electron chi connectivity index (χ2n) is 6.30. The van der Waals surface area contributed by atoms with Crippen molar-refractivity contribution in [1.82, 2.24) is 9.80 Å². The van der Waals surface area contributed by atoms with Crippen molar-refractivity contribution in [1.29, 1.82) is 0 Å². The van der Waals surface area contributed by atoms with Crippen molar-refractivity contribution in [3.05, 3.63) is 18.2 Å². The summed E-state index contributed by atoms with van der Waals surface area (Å²) < 4.78 is 10.5. The van der Waals surface area contributed by atoms with Crippen LogP contribution in [0.25, 0.3) is 0 Å². The number of carbonyl (C=O) groups excluding carboxylic acids is 2. The minimum Gasteiger partial charge on any atom is -0.497 e. The minimum atomic E-state index is -0.377. The zero-order chi connectivity index (χ0) is 18.0. The highest BCUT2D eigenvalue weighted by Gasteiger charge is 2.44. The summed E-state index contributed by atoms with van der Waals surface area (Å²) in [4.78, 5) is 31.3. The number of nitrogens with zero attached hydrogens (tertiary/aromatic N) is 3. The van der Waals surface area contributed by atoms with Crippen molar-refractivity contribution in [3.8, 4) is 11.5 Å². The Labute approximate surface area is 148 Å². The first kappa shape index (κ1) is 17.7. The fourth-order valence-corrected chi connectivity index (χ4v) is 3.52. The SMILES string of the molecule is CCN1CCN(C2CC(=O)N(c3ccc(OC)cc3OC)C2=O)CC1. The Morgan fingerprint density at radius 3 is 2.40 bits per heavy atom. The quantitative estimate of drug-likeness (QED) is 0.740. The summed E-state index contributed by atoms with van der Waals surface area (Å²) in [5, 5.41) is 0. The molecule has 25 heavy (non-hydrogen) atoms. The Morgan fingerprint density at radius 1 is 1.08 bits per heavy atom. The maximum Gasteiger partial charge on any atom is 0.251 e. The Kier molecular flexibility index (Phi) is 5.24. The number of likely N-dealkylation sites (N-methyl/N-ethyl adjacent to an activating group) is 1. The van der Waals surface area contributed by atoms with E-state index in [-0.39, 0.29) is 24.3 Å². The molecule has 0 N–H and O–H groups in total. The van der Waals surface area contributed by atoms with E-state index in [0.29, 0.717) is 17.2 Å². The largest absolute Gasteiger partial charge is 0.497 e. The first-order chi connectivity index (χ1) is 12.1. The van der Waals surface area contributed by atoms with Gasteiger partial charge in [0.05, 0.1) is 32.4 Å². The highest BCUT2D eigenvalue weighted by Crippen LogP contribution is 2.36. The highest BCUT2D eigenvalue weighted by molar-refractivity contribution is 6.23. The van der Waals surface area contributed by atoms with Gasteiger partial charge < -0.3 is 14.4 Å². The summed E-state index contributed by atoms with van der Waals surface area (Å²) in [7, 11) is 3.08. The average Bonchev–Trinajstić information content (AvgIpc) is 2.95. The monoisotopic (exact) mass is 347 g/mol. The fourth-order valence-electron chi connectivity index (χ4n) is 3.52. The molecule has 7 nitrogen and oxygen atoms in total. The molecule has 0 radical (unpaired) electrons. The van der Waals surface area contributed by atoms with Crippen LogP contribution in [-0.4, -0.2) is 74.6 Å². The number of hydrogen-bond acceptors (Lipinski definition) is 6. The molecular weight excluding hydrogens is 322 g/mol. The van der Waals surface area contributed by atoms with Gasteiger partial charge in [0.2, 0.25) is 5.91 Å². The van der Waals surface area contributed by atoms with E-state index in [1.165, 1.54) is 12.0 Å². The fraction of sp³-hybridized carbons (Fsp3) is 0.556. The van der Waals surface area contributed by atoms with Crippen LogP contribution < -0.4 is 14.4 Å². The number of methoxy groups -OCH3 is 2. The van der Waals surface area contributed by atoms with E-state index in [9.17, 15) is 9.59 Å². The number of piperazine rings is 1. The van der Waals surface area contributed by atoms with E-state index in [4.69, 9.17) is 9.47 Å². The number of ether oxygens (including phenoxy) is 2. The van der Waals surface area contributed by atoms with E-state index in [1.54, 1.807) is 25.3 Å². The first-order valence-electron chi connectivity index (χ1n) is 8.64. The van der Waals surface area contributed by atoms with Gasteiger partial charge in [0.15, 0.2) is 0 Å². The average molecular weight is 347 g/mol. The van der Waals surface area contributed by atoms with Crippen LogP contribution in [0.4, 0.5) is 5.69 Å². The number of imide groups is 1. The van der Waals surface area contributed by atoms with Gasteiger partial charge in [-0.2, -0.15) is 0 Å². The molecule has 0 spiro atoms. The van der Waals surface area contributed by atoms with Gasteiger partial charge in [0, 0.05) is 32.2 Å². The molecule has 1 aromatic rings. The van der Waals surface area contributed by atoms with Crippen LogP contribution >= 0.6 is 0 Å². The summed E-state index contributed by atoms with van der Waals surface area (Å²) >= 11 is 0. The maximum atomic E-state index is 13.0. The van der Waals surface area contributed by atoms with Crippen molar-refractivity contribution in [2.75, 3.05) is 51.8 Å². The molecule has 1 atom stereocenters. The molecule has 2 saturated heterocycles. The molecule has 0 aliphatic carbocycles. The zero-order valence-corrected chi connectivity index (χ0v) is 15.0. The Balaban J connectivity index is 1.80. The van der Waals surface area contributed by atoms with Gasteiger partial charge in [-0.1, -0.05) is 6.92 Å². The maximum absolute atomic E-state index is 13.0. The molecule has 136 valence electrons. The van der Waals surface area contributed by atoms with Gasteiger partial charge in [-0.3, -0.25) is 14.5 Å². The zero-order valence-electron chi connectivity index (χ0n) is 15.0. The predicted molar refractivity (Wildman–Crippen MR) is 94.1 cm³/mol. The number of anilines is 1. The van der Waals surface area contributed by atoms with Crippen molar-refractivity contribution < 1.29 is 19.1 Å². The van der Waals surface area contributed by atoms with Gasteiger partial charge in [-0.05, 0) is 18.7 Å². The number of benzene rings is 1. The van der Waals surface area contributed by atoms with E-state index in [1.807, 2.05) is 0 Å². The molecule has 2 aliphatic heterocycles. The predicted octanol–water partition coefficient (Wildman–Crippen LogP) is 0.973. The van der Waals surface area contributed by atoms with Crippen molar-refractivity contribution >= 4 is 17.5 Å². The third-order valence-corrected chi connectivity index (χ3v) is 5.05. The molecule has 1 unspecified atom stereocenters. The Hall–Kier alpha value is -2.12. The van der Waals surface area contributed by atoms with Crippen molar-refractivity contribution in [3.63, 3.8) is 0 Å². The van der Waals surface area contributed by atoms with Crippen LogP contribution in [-0.2, 0) is 9.59 Å². The molecule has 2 heterocycles. The van der Waals surface area contributed by atoms with E-state index in [0.717, 1.165) is 32.7 Å². The van der Waals surface area contributed by atoms with Gasteiger partial charge in [-0.15, -0.1) is 0 Å². The molecule has 2 fully saturated rings. The van der Waals surface area contributed by atoms with E-state index < -0.39 is 0 Å². The summed E-state index contributed by atoms with van der Waals surface area (Å²) in [6, 6.07) is 4.73. The van der Waals surface area contributed by atoms with Crippen LogP contribution in [0.5, 0.6) is 11.5 Å². The number of rotatable bonds is 5. The summed E-state index contributed by atoms with van der Waals surface area (Å²) in [5.74, 6) is 0.722. The lowest BCUT2D eigenvalue weighted by Crippen LogP contribution is -2.52. The van der Waals surface area contributed by atoms with Gasteiger partial charge in [-0.25, -0.2) is 4.90 Å². The van der Waals surface area contributed by atoms with E-state index in [2.05, 4.69) is 16.7 Å².